The predicted octanol–water partition coefficient (Wildman–Crippen LogP) is 2.74. The van der Waals surface area contributed by atoms with Crippen LogP contribution in [0.25, 0.3) is 0 Å². The number of nitrogens with one attached hydrogen (secondary N) is 1. The summed E-state index contributed by atoms with van der Waals surface area (Å²) in [6.45, 7) is 8.88. The molecular formula is C14H29NO2. The maximum atomic E-state index is 5.96. The van der Waals surface area contributed by atoms with Crippen molar-refractivity contribution in [1.82, 2.24) is 5.32 Å². The van der Waals surface area contributed by atoms with Gasteiger partial charge in [0.2, 0.25) is 0 Å². The maximum absolute atomic E-state index is 5.96. The van der Waals surface area contributed by atoms with Crippen molar-refractivity contribution in [2.75, 3.05) is 19.8 Å². The van der Waals surface area contributed by atoms with E-state index in [1.807, 2.05) is 0 Å². The molecule has 2 unspecified atom stereocenters. The highest BCUT2D eigenvalue weighted by molar-refractivity contribution is 4.81. The van der Waals surface area contributed by atoms with E-state index in [4.69, 9.17) is 9.47 Å². The molecule has 0 saturated heterocycles. The highest BCUT2D eigenvalue weighted by atomic mass is 16.5. The van der Waals surface area contributed by atoms with Gasteiger partial charge in [0, 0.05) is 6.04 Å². The summed E-state index contributed by atoms with van der Waals surface area (Å²) < 4.78 is 11.5. The molecule has 1 aliphatic rings. The number of rotatable bonds is 8. The minimum Gasteiger partial charge on any atom is -0.376 e. The summed E-state index contributed by atoms with van der Waals surface area (Å²) in [5.41, 5.74) is 0. The van der Waals surface area contributed by atoms with Crippen molar-refractivity contribution in [3.05, 3.63) is 0 Å². The Bertz CT molecular complexity index is 185. The van der Waals surface area contributed by atoms with Gasteiger partial charge in [-0.15, -0.1) is 0 Å². The normalized spacial score (nSPS) is 25.4. The first-order chi connectivity index (χ1) is 8.24. The van der Waals surface area contributed by atoms with E-state index >= 15 is 0 Å². The zero-order valence-electron chi connectivity index (χ0n) is 11.7. The number of hydrogen-bond donors (Lipinski definition) is 1. The Morgan fingerprint density at radius 1 is 1.18 bits per heavy atom. The summed E-state index contributed by atoms with van der Waals surface area (Å²) in [5, 5.41) is 3.61. The first-order valence-corrected chi connectivity index (χ1v) is 7.20. The van der Waals surface area contributed by atoms with Crippen LogP contribution >= 0.6 is 0 Å². The van der Waals surface area contributed by atoms with Gasteiger partial charge in [-0.1, -0.05) is 19.8 Å². The van der Waals surface area contributed by atoms with Crippen LogP contribution < -0.4 is 5.32 Å². The van der Waals surface area contributed by atoms with E-state index in [0.717, 1.165) is 13.2 Å². The molecule has 3 heteroatoms. The third-order valence-corrected chi connectivity index (χ3v) is 3.23. The van der Waals surface area contributed by atoms with Gasteiger partial charge in [-0.05, 0) is 39.7 Å². The van der Waals surface area contributed by atoms with Crippen molar-refractivity contribution < 1.29 is 9.47 Å². The van der Waals surface area contributed by atoms with Gasteiger partial charge in [0.05, 0.1) is 25.4 Å². The lowest BCUT2D eigenvalue weighted by Gasteiger charge is -2.32. The molecule has 0 aromatic heterocycles. The van der Waals surface area contributed by atoms with Gasteiger partial charge in [0.15, 0.2) is 0 Å². The topological polar surface area (TPSA) is 30.5 Å². The molecule has 0 bridgehead atoms. The smallest absolute Gasteiger partial charge is 0.0729 e. The second-order valence-corrected chi connectivity index (χ2v) is 5.17. The largest absolute Gasteiger partial charge is 0.376 e. The highest BCUT2D eigenvalue weighted by Crippen LogP contribution is 2.21. The molecule has 0 aromatic carbocycles. The first-order valence-electron chi connectivity index (χ1n) is 7.20. The molecule has 1 fully saturated rings. The molecule has 3 nitrogen and oxygen atoms in total. The van der Waals surface area contributed by atoms with Crippen LogP contribution in [0.5, 0.6) is 0 Å². The molecule has 1 N–H and O–H groups in total. The van der Waals surface area contributed by atoms with Gasteiger partial charge in [-0.3, -0.25) is 0 Å². The number of ether oxygens (including phenoxy) is 2. The molecular weight excluding hydrogens is 214 g/mol. The lowest BCUT2D eigenvalue weighted by Crippen LogP contribution is -2.44. The third kappa shape index (κ3) is 6.39. The standard InChI is InChI=1S/C14H29NO2/c1-4-9-15-13-7-5-6-8-14(13)17-11-10-16-12(2)3/h12-15H,4-11H2,1-3H3. The molecule has 0 spiro atoms. The molecule has 0 radical (unpaired) electrons. The van der Waals surface area contributed by atoms with Crippen molar-refractivity contribution in [1.29, 1.82) is 0 Å². The Balaban J connectivity index is 2.18. The van der Waals surface area contributed by atoms with Gasteiger partial charge < -0.3 is 14.8 Å². The molecule has 1 aliphatic carbocycles. The molecule has 0 amide bonds. The zero-order chi connectivity index (χ0) is 12.5. The fraction of sp³-hybridized carbons (Fsp3) is 1.00. The lowest BCUT2D eigenvalue weighted by molar-refractivity contribution is -0.0365. The fourth-order valence-corrected chi connectivity index (χ4v) is 2.34. The van der Waals surface area contributed by atoms with Gasteiger partial charge in [-0.2, -0.15) is 0 Å². The van der Waals surface area contributed by atoms with Crippen LogP contribution in [-0.2, 0) is 9.47 Å². The first kappa shape index (κ1) is 14.9. The van der Waals surface area contributed by atoms with E-state index in [0.29, 0.717) is 24.9 Å². The van der Waals surface area contributed by atoms with Crippen LogP contribution in [0.15, 0.2) is 0 Å². The molecule has 2 atom stereocenters. The molecule has 0 heterocycles. The summed E-state index contributed by atoms with van der Waals surface area (Å²) >= 11 is 0. The average Bonchev–Trinajstić information content (AvgIpc) is 2.33. The highest BCUT2D eigenvalue weighted by Gasteiger charge is 2.24. The Kier molecular flexibility index (Phi) is 7.82. The van der Waals surface area contributed by atoms with E-state index < -0.39 is 0 Å². The van der Waals surface area contributed by atoms with E-state index in [-0.39, 0.29) is 0 Å². The van der Waals surface area contributed by atoms with Crippen molar-refractivity contribution in [3.8, 4) is 0 Å². The minimum absolute atomic E-state index is 0.305. The molecule has 102 valence electrons. The Labute approximate surface area is 106 Å². The Hall–Kier alpha value is -0.120. The summed E-state index contributed by atoms with van der Waals surface area (Å²) in [6.07, 6.45) is 6.99. The zero-order valence-corrected chi connectivity index (χ0v) is 11.7. The van der Waals surface area contributed by atoms with Crippen molar-refractivity contribution in [2.45, 2.75) is 71.1 Å². The summed E-state index contributed by atoms with van der Waals surface area (Å²) in [6, 6.07) is 0.558. The predicted molar refractivity (Wildman–Crippen MR) is 71.4 cm³/mol. The molecule has 1 saturated carbocycles. The van der Waals surface area contributed by atoms with Crippen molar-refractivity contribution in [2.24, 2.45) is 0 Å². The van der Waals surface area contributed by atoms with Gasteiger partial charge in [0.25, 0.3) is 0 Å². The molecule has 0 aromatic rings. The van der Waals surface area contributed by atoms with Crippen LogP contribution in [0.4, 0.5) is 0 Å². The summed E-state index contributed by atoms with van der Waals surface area (Å²) in [5.74, 6) is 0. The van der Waals surface area contributed by atoms with Crippen molar-refractivity contribution in [3.63, 3.8) is 0 Å². The quantitative estimate of drug-likeness (QED) is 0.665. The Morgan fingerprint density at radius 2 is 1.94 bits per heavy atom. The van der Waals surface area contributed by atoms with E-state index in [9.17, 15) is 0 Å². The van der Waals surface area contributed by atoms with Crippen LogP contribution in [0.3, 0.4) is 0 Å². The van der Waals surface area contributed by atoms with Crippen LogP contribution in [0.2, 0.25) is 0 Å². The van der Waals surface area contributed by atoms with Gasteiger partial charge >= 0.3 is 0 Å². The van der Waals surface area contributed by atoms with E-state index in [2.05, 4.69) is 26.1 Å². The minimum atomic E-state index is 0.305. The monoisotopic (exact) mass is 243 g/mol. The number of hydrogen-bond acceptors (Lipinski definition) is 3. The summed E-state index contributed by atoms with van der Waals surface area (Å²) in [7, 11) is 0. The maximum Gasteiger partial charge on any atom is 0.0729 e. The van der Waals surface area contributed by atoms with Crippen LogP contribution in [-0.4, -0.2) is 38.0 Å². The second kappa shape index (κ2) is 8.90. The third-order valence-electron chi connectivity index (χ3n) is 3.23. The summed E-state index contributed by atoms with van der Waals surface area (Å²) in [4.78, 5) is 0. The fourth-order valence-electron chi connectivity index (χ4n) is 2.34. The molecule has 17 heavy (non-hydrogen) atoms. The molecule has 0 aliphatic heterocycles. The van der Waals surface area contributed by atoms with E-state index in [1.165, 1.54) is 32.1 Å². The lowest BCUT2D eigenvalue weighted by atomic mass is 9.92. The van der Waals surface area contributed by atoms with Gasteiger partial charge in [0.1, 0.15) is 0 Å². The molecule has 1 rings (SSSR count). The van der Waals surface area contributed by atoms with Crippen LogP contribution in [0, 0.1) is 0 Å². The van der Waals surface area contributed by atoms with Crippen LogP contribution in [0.1, 0.15) is 52.9 Å². The Morgan fingerprint density at radius 3 is 2.65 bits per heavy atom. The van der Waals surface area contributed by atoms with E-state index in [1.54, 1.807) is 0 Å². The second-order valence-electron chi connectivity index (χ2n) is 5.17. The average molecular weight is 243 g/mol. The SMILES string of the molecule is CCCNC1CCCCC1OCCOC(C)C. The van der Waals surface area contributed by atoms with Crippen molar-refractivity contribution >= 4 is 0 Å². The van der Waals surface area contributed by atoms with Gasteiger partial charge in [-0.25, -0.2) is 0 Å².